The molecule has 0 spiro atoms. The monoisotopic (exact) mass is 271 g/mol. The van der Waals surface area contributed by atoms with Crippen LogP contribution in [0.25, 0.3) is 0 Å². The van der Waals surface area contributed by atoms with Gasteiger partial charge in [-0.1, -0.05) is 12.1 Å². The van der Waals surface area contributed by atoms with Crippen LogP contribution in [0.1, 0.15) is 11.7 Å². The molecule has 1 rings (SSSR count). The highest BCUT2D eigenvalue weighted by molar-refractivity contribution is 5.71. The first kappa shape index (κ1) is 14.3. The lowest BCUT2D eigenvalue weighted by Gasteiger charge is -2.23. The first-order chi connectivity index (χ1) is 8.20. The van der Waals surface area contributed by atoms with Crippen molar-refractivity contribution in [3.8, 4) is 0 Å². The van der Waals surface area contributed by atoms with E-state index < -0.39 is 23.8 Å². The van der Waals surface area contributed by atoms with Crippen LogP contribution in [-0.2, 0) is 4.79 Å². The maximum absolute atomic E-state index is 13.2. The van der Waals surface area contributed by atoms with Gasteiger partial charge in [0.05, 0.1) is 0 Å². The van der Waals surface area contributed by atoms with Gasteiger partial charge in [-0.05, 0) is 17.7 Å². The summed E-state index contributed by atoms with van der Waals surface area (Å²) in [5.41, 5.74) is -0.676. The maximum Gasteiger partial charge on any atom is 0.456 e. The van der Waals surface area contributed by atoms with Gasteiger partial charge in [0.1, 0.15) is 0 Å². The molecule has 18 heavy (non-hydrogen) atoms. The molecule has 1 aromatic rings. The second kappa shape index (κ2) is 4.87. The summed E-state index contributed by atoms with van der Waals surface area (Å²) in [6.45, 7) is 0. The molecule has 0 fully saturated rings. The lowest BCUT2D eigenvalue weighted by atomic mass is 10.0. The quantitative estimate of drug-likeness (QED) is 0.659. The fourth-order valence-electron chi connectivity index (χ4n) is 1.17. The Kier molecular flexibility index (Phi) is 3.88. The Morgan fingerprint density at radius 1 is 1.06 bits per heavy atom. The molecular weight excluding hydrogens is 264 g/mol. The third kappa shape index (κ3) is 2.74. The van der Waals surface area contributed by atoms with Gasteiger partial charge in [-0.15, -0.1) is 0 Å². The Balaban J connectivity index is 2.97. The minimum absolute atomic E-state index is 0.149. The Hall–Kier alpha value is -1.73. The zero-order chi connectivity index (χ0) is 14.0. The molecule has 0 bridgehead atoms. The minimum Gasteiger partial charge on any atom is -0.329 e. The number of hydrogen-bond donors (Lipinski definition) is 1. The Morgan fingerprint density at radius 2 is 1.56 bits per heavy atom. The number of carbonyl (C=O) groups is 1. The number of rotatable bonds is 4. The van der Waals surface area contributed by atoms with Crippen LogP contribution in [0.2, 0.25) is 0 Å². The Bertz CT molecular complexity index is 413. The normalized spacial score (nSPS) is 14.1. The largest absolute Gasteiger partial charge is 0.456 e. The minimum atomic E-state index is -5.97. The van der Waals surface area contributed by atoms with Gasteiger partial charge < -0.3 is 5.32 Å². The molecule has 1 amide bonds. The summed E-state index contributed by atoms with van der Waals surface area (Å²) < 4.78 is 74.3. The summed E-state index contributed by atoms with van der Waals surface area (Å²) in [4.78, 5) is 10.0. The van der Waals surface area contributed by atoms with E-state index in [4.69, 9.17) is 0 Å². The van der Waals surface area contributed by atoms with Gasteiger partial charge in [-0.2, -0.15) is 22.0 Å². The van der Waals surface area contributed by atoms with Crippen molar-refractivity contribution in [3.63, 3.8) is 0 Å². The maximum atomic E-state index is 13.2. The third-order valence-corrected chi connectivity index (χ3v) is 2.13. The van der Waals surface area contributed by atoms with Gasteiger partial charge >= 0.3 is 12.1 Å². The summed E-state index contributed by atoms with van der Waals surface area (Å²) in [6, 6.07) is 3.53. The molecule has 1 N–H and O–H groups in total. The van der Waals surface area contributed by atoms with Crippen molar-refractivity contribution in [2.45, 2.75) is 18.3 Å². The van der Waals surface area contributed by atoms with E-state index in [0.717, 1.165) is 24.3 Å². The van der Waals surface area contributed by atoms with Crippen molar-refractivity contribution in [1.29, 1.82) is 0 Å². The van der Waals surface area contributed by atoms with Gasteiger partial charge in [0.15, 0.2) is 6.17 Å². The zero-order valence-corrected chi connectivity index (χ0v) is 8.64. The van der Waals surface area contributed by atoms with Gasteiger partial charge in [0.2, 0.25) is 6.41 Å². The van der Waals surface area contributed by atoms with E-state index in [1.54, 1.807) is 0 Å². The predicted octanol–water partition coefficient (Wildman–Crippen LogP) is 3.46. The molecule has 0 aromatic heterocycles. The second-order valence-corrected chi connectivity index (χ2v) is 3.37. The van der Waals surface area contributed by atoms with E-state index >= 15 is 0 Å². The standard InChI is InChI=1S/C10H7F6NO/c11-8(9(12,13)10(14,15)16)6-1-3-7(4-2-6)17-5-18/h1-5,8H,(H,17,18). The topological polar surface area (TPSA) is 29.1 Å². The number of hydrogen-bond acceptors (Lipinski definition) is 1. The molecule has 0 aliphatic rings. The average Bonchev–Trinajstić information content (AvgIpc) is 2.28. The van der Waals surface area contributed by atoms with Gasteiger partial charge in [-0.25, -0.2) is 4.39 Å². The molecule has 1 atom stereocenters. The summed E-state index contributed by atoms with van der Waals surface area (Å²) in [5, 5.41) is 2.13. The highest BCUT2D eigenvalue weighted by atomic mass is 19.4. The lowest BCUT2D eigenvalue weighted by Crippen LogP contribution is -2.40. The average molecular weight is 271 g/mol. The van der Waals surface area contributed by atoms with E-state index in [2.05, 4.69) is 5.32 Å². The van der Waals surface area contributed by atoms with Gasteiger partial charge in [0.25, 0.3) is 0 Å². The van der Waals surface area contributed by atoms with E-state index in [1.165, 1.54) is 0 Å². The third-order valence-electron chi connectivity index (χ3n) is 2.13. The summed E-state index contributed by atoms with van der Waals surface area (Å²) in [6.07, 6.45) is -9.18. The van der Waals surface area contributed by atoms with E-state index in [0.29, 0.717) is 0 Å². The molecule has 0 aliphatic heterocycles. The molecule has 100 valence electrons. The van der Waals surface area contributed by atoms with E-state index in [-0.39, 0.29) is 12.1 Å². The number of amides is 1. The Labute approximate surface area is 97.6 Å². The first-order valence-corrected chi connectivity index (χ1v) is 4.59. The molecule has 0 heterocycles. The smallest absolute Gasteiger partial charge is 0.329 e. The van der Waals surface area contributed by atoms with Crippen molar-refractivity contribution < 1.29 is 31.1 Å². The molecule has 2 nitrogen and oxygen atoms in total. The molecule has 0 saturated heterocycles. The SMILES string of the molecule is O=CNc1ccc(C(F)C(F)(F)C(F)(F)F)cc1. The van der Waals surface area contributed by atoms with Gasteiger partial charge in [0, 0.05) is 5.69 Å². The van der Waals surface area contributed by atoms with Gasteiger partial charge in [-0.3, -0.25) is 4.79 Å². The fourth-order valence-corrected chi connectivity index (χ4v) is 1.17. The molecule has 0 aliphatic carbocycles. The molecule has 0 saturated carbocycles. The summed E-state index contributed by atoms with van der Waals surface area (Å²) in [5.74, 6) is -5.47. The predicted molar refractivity (Wildman–Crippen MR) is 51.0 cm³/mol. The van der Waals surface area contributed by atoms with Crippen LogP contribution in [0.4, 0.5) is 32.0 Å². The van der Waals surface area contributed by atoms with Crippen molar-refractivity contribution >= 4 is 12.1 Å². The number of nitrogens with one attached hydrogen (secondary N) is 1. The summed E-state index contributed by atoms with van der Waals surface area (Å²) >= 11 is 0. The van der Waals surface area contributed by atoms with Crippen molar-refractivity contribution in [2.24, 2.45) is 0 Å². The highest BCUT2D eigenvalue weighted by Crippen LogP contribution is 2.46. The van der Waals surface area contributed by atoms with Crippen molar-refractivity contribution in [3.05, 3.63) is 29.8 Å². The number of carbonyl (C=O) groups excluding carboxylic acids is 1. The fraction of sp³-hybridized carbons (Fsp3) is 0.300. The van der Waals surface area contributed by atoms with E-state index in [1.807, 2.05) is 0 Å². The molecule has 1 unspecified atom stereocenters. The van der Waals surface area contributed by atoms with Crippen molar-refractivity contribution in [1.82, 2.24) is 0 Å². The number of alkyl halides is 6. The molecule has 8 heteroatoms. The number of halogens is 6. The Morgan fingerprint density at radius 3 is 1.94 bits per heavy atom. The van der Waals surface area contributed by atoms with Crippen LogP contribution in [0.15, 0.2) is 24.3 Å². The van der Waals surface area contributed by atoms with Crippen molar-refractivity contribution in [2.75, 3.05) is 5.32 Å². The molecule has 0 radical (unpaired) electrons. The summed E-state index contributed by atoms with van der Waals surface area (Å²) in [7, 11) is 0. The van der Waals surface area contributed by atoms with Crippen LogP contribution >= 0.6 is 0 Å². The molecule has 1 aromatic carbocycles. The number of anilines is 1. The van der Waals surface area contributed by atoms with Crippen LogP contribution < -0.4 is 5.32 Å². The zero-order valence-electron chi connectivity index (χ0n) is 8.64. The lowest BCUT2D eigenvalue weighted by molar-refractivity contribution is -0.305. The van der Waals surface area contributed by atoms with Crippen LogP contribution in [-0.4, -0.2) is 18.5 Å². The first-order valence-electron chi connectivity index (χ1n) is 4.59. The van der Waals surface area contributed by atoms with Crippen LogP contribution in [0.3, 0.4) is 0 Å². The van der Waals surface area contributed by atoms with Crippen LogP contribution in [0, 0.1) is 0 Å². The highest BCUT2D eigenvalue weighted by Gasteiger charge is 2.63. The number of benzene rings is 1. The second-order valence-electron chi connectivity index (χ2n) is 3.37. The molecular formula is C10H7F6NO. The van der Waals surface area contributed by atoms with E-state index in [9.17, 15) is 31.1 Å². The van der Waals surface area contributed by atoms with Crippen LogP contribution in [0.5, 0.6) is 0 Å².